The summed E-state index contributed by atoms with van der Waals surface area (Å²) in [5.41, 5.74) is 2.59. The maximum Gasteiger partial charge on any atom is 0.274 e. The van der Waals surface area contributed by atoms with Crippen molar-refractivity contribution in [2.24, 2.45) is 5.92 Å². The van der Waals surface area contributed by atoms with E-state index in [9.17, 15) is 9.59 Å². The Labute approximate surface area is 121 Å². The topological polar surface area (TPSA) is 78.4 Å². The van der Waals surface area contributed by atoms with E-state index < -0.39 is 5.91 Å². The Morgan fingerprint density at radius 2 is 1.57 bits per heavy atom. The first-order valence-electron chi connectivity index (χ1n) is 6.94. The van der Waals surface area contributed by atoms with Gasteiger partial charge < -0.3 is 5.32 Å². The highest BCUT2D eigenvalue weighted by Gasteiger charge is 2.21. The standard InChI is InChI=1S/C16H16N2O3/c19-15(17-9-10-1-2-10)13-5-3-12-8-14(16(20)18-21)6-4-11(12)7-13/h3-8,10,21H,1-2,9H2,(H,17,19)(H,18,20). The van der Waals surface area contributed by atoms with Gasteiger partial charge in [-0.1, -0.05) is 12.1 Å². The molecule has 2 aromatic carbocycles. The molecule has 1 saturated carbocycles. The quantitative estimate of drug-likeness (QED) is 0.594. The number of hydrogen-bond donors (Lipinski definition) is 3. The Bertz CT molecular complexity index is 708. The second-order valence-electron chi connectivity index (χ2n) is 5.37. The number of benzene rings is 2. The van der Waals surface area contributed by atoms with E-state index in [1.807, 2.05) is 0 Å². The summed E-state index contributed by atoms with van der Waals surface area (Å²) in [7, 11) is 0. The van der Waals surface area contributed by atoms with Crippen molar-refractivity contribution in [3.05, 3.63) is 47.5 Å². The largest absolute Gasteiger partial charge is 0.352 e. The minimum Gasteiger partial charge on any atom is -0.352 e. The van der Waals surface area contributed by atoms with Gasteiger partial charge in [0.15, 0.2) is 0 Å². The zero-order valence-electron chi connectivity index (χ0n) is 11.4. The molecule has 0 heterocycles. The maximum atomic E-state index is 12.0. The van der Waals surface area contributed by atoms with Gasteiger partial charge in [0.2, 0.25) is 0 Å². The normalized spacial score (nSPS) is 14.0. The van der Waals surface area contributed by atoms with Crippen molar-refractivity contribution in [1.29, 1.82) is 0 Å². The van der Waals surface area contributed by atoms with E-state index in [0.717, 1.165) is 17.3 Å². The molecule has 5 heteroatoms. The van der Waals surface area contributed by atoms with E-state index in [-0.39, 0.29) is 5.91 Å². The fourth-order valence-corrected chi connectivity index (χ4v) is 2.25. The number of hydrogen-bond acceptors (Lipinski definition) is 3. The molecule has 0 aromatic heterocycles. The van der Waals surface area contributed by atoms with E-state index in [1.165, 1.54) is 12.8 Å². The highest BCUT2D eigenvalue weighted by atomic mass is 16.5. The number of amides is 2. The molecular formula is C16H16N2O3. The van der Waals surface area contributed by atoms with Crippen LogP contribution in [0.1, 0.15) is 33.6 Å². The van der Waals surface area contributed by atoms with Crippen molar-refractivity contribution in [1.82, 2.24) is 10.8 Å². The third-order valence-electron chi connectivity index (χ3n) is 3.71. The lowest BCUT2D eigenvalue weighted by atomic mass is 10.0. The van der Waals surface area contributed by atoms with Gasteiger partial charge in [-0.25, -0.2) is 5.48 Å². The van der Waals surface area contributed by atoms with Gasteiger partial charge in [-0.3, -0.25) is 14.8 Å². The average Bonchev–Trinajstić information content (AvgIpc) is 3.35. The minimum atomic E-state index is -0.553. The summed E-state index contributed by atoms with van der Waals surface area (Å²) in [4.78, 5) is 23.4. The van der Waals surface area contributed by atoms with Crippen LogP contribution in [0.15, 0.2) is 36.4 Å². The number of carbonyl (C=O) groups is 2. The van der Waals surface area contributed by atoms with Crippen molar-refractivity contribution in [2.75, 3.05) is 6.54 Å². The smallest absolute Gasteiger partial charge is 0.274 e. The molecule has 3 N–H and O–H groups in total. The summed E-state index contributed by atoms with van der Waals surface area (Å²) in [5.74, 6) is 0.0260. The lowest BCUT2D eigenvalue weighted by Crippen LogP contribution is -2.25. The Hall–Kier alpha value is -2.40. The summed E-state index contributed by atoms with van der Waals surface area (Å²) >= 11 is 0. The summed E-state index contributed by atoms with van der Waals surface area (Å²) in [6.07, 6.45) is 2.40. The van der Waals surface area contributed by atoms with Gasteiger partial charge >= 0.3 is 0 Å². The first-order valence-corrected chi connectivity index (χ1v) is 6.94. The molecule has 3 rings (SSSR count). The Kier molecular flexibility index (Phi) is 3.58. The van der Waals surface area contributed by atoms with Crippen LogP contribution in [0.2, 0.25) is 0 Å². The molecule has 0 atom stereocenters. The lowest BCUT2D eigenvalue weighted by Gasteiger charge is -2.06. The number of nitrogens with one attached hydrogen (secondary N) is 2. The molecule has 0 unspecified atom stereocenters. The second kappa shape index (κ2) is 5.54. The minimum absolute atomic E-state index is 0.0685. The Morgan fingerprint density at radius 1 is 1.00 bits per heavy atom. The first kappa shape index (κ1) is 13.6. The third-order valence-corrected chi connectivity index (χ3v) is 3.71. The van der Waals surface area contributed by atoms with Crippen molar-refractivity contribution in [2.45, 2.75) is 12.8 Å². The van der Waals surface area contributed by atoms with Gasteiger partial charge in [-0.2, -0.15) is 0 Å². The molecule has 1 aliphatic carbocycles. The fraction of sp³-hybridized carbons (Fsp3) is 0.250. The zero-order chi connectivity index (χ0) is 14.8. The SMILES string of the molecule is O=C(NO)c1ccc2cc(C(=O)NCC3CC3)ccc2c1. The molecule has 2 amide bonds. The zero-order valence-corrected chi connectivity index (χ0v) is 11.4. The van der Waals surface area contributed by atoms with E-state index in [1.54, 1.807) is 41.9 Å². The highest BCUT2D eigenvalue weighted by Crippen LogP contribution is 2.27. The molecule has 2 aromatic rings. The van der Waals surface area contributed by atoms with Crippen LogP contribution >= 0.6 is 0 Å². The molecule has 5 nitrogen and oxygen atoms in total. The predicted molar refractivity (Wildman–Crippen MR) is 78.3 cm³/mol. The molecular weight excluding hydrogens is 268 g/mol. The van der Waals surface area contributed by atoms with Crippen LogP contribution in [-0.2, 0) is 0 Å². The first-order chi connectivity index (χ1) is 10.2. The van der Waals surface area contributed by atoms with Crippen LogP contribution in [0, 0.1) is 5.92 Å². The van der Waals surface area contributed by atoms with E-state index >= 15 is 0 Å². The Balaban J connectivity index is 1.82. The molecule has 1 aliphatic rings. The fourth-order valence-electron chi connectivity index (χ4n) is 2.25. The molecule has 0 saturated heterocycles. The monoisotopic (exact) mass is 284 g/mol. The van der Waals surface area contributed by atoms with Gasteiger partial charge in [0.1, 0.15) is 0 Å². The number of fused-ring (bicyclic) bond motifs is 1. The van der Waals surface area contributed by atoms with Gasteiger partial charge in [0.25, 0.3) is 11.8 Å². The average molecular weight is 284 g/mol. The van der Waals surface area contributed by atoms with Crippen molar-refractivity contribution in [3.8, 4) is 0 Å². The van der Waals surface area contributed by atoms with Crippen LogP contribution in [0.5, 0.6) is 0 Å². The third kappa shape index (κ3) is 3.03. The summed E-state index contributed by atoms with van der Waals surface area (Å²) in [6, 6.07) is 10.4. The molecule has 0 aliphatic heterocycles. The van der Waals surface area contributed by atoms with Crippen LogP contribution in [0.25, 0.3) is 10.8 Å². The van der Waals surface area contributed by atoms with Crippen LogP contribution in [0.3, 0.4) is 0 Å². The van der Waals surface area contributed by atoms with Gasteiger partial charge in [-0.15, -0.1) is 0 Å². The molecule has 0 bridgehead atoms. The van der Waals surface area contributed by atoms with Gasteiger partial charge in [0.05, 0.1) is 0 Å². The van der Waals surface area contributed by atoms with Crippen LogP contribution in [0.4, 0.5) is 0 Å². The van der Waals surface area contributed by atoms with E-state index in [2.05, 4.69) is 5.32 Å². The van der Waals surface area contributed by atoms with Gasteiger partial charge in [-0.05, 0) is 53.8 Å². The highest BCUT2D eigenvalue weighted by molar-refractivity contribution is 6.01. The molecule has 108 valence electrons. The summed E-state index contributed by atoms with van der Waals surface area (Å²) in [5, 5.41) is 13.3. The number of carbonyl (C=O) groups excluding carboxylic acids is 2. The lowest BCUT2D eigenvalue weighted by molar-refractivity contribution is 0.0706. The van der Waals surface area contributed by atoms with E-state index in [0.29, 0.717) is 17.0 Å². The van der Waals surface area contributed by atoms with E-state index in [4.69, 9.17) is 5.21 Å². The predicted octanol–water partition coefficient (Wildman–Crippen LogP) is 2.10. The molecule has 0 radical (unpaired) electrons. The van der Waals surface area contributed by atoms with Gasteiger partial charge in [0, 0.05) is 17.7 Å². The number of rotatable bonds is 4. The van der Waals surface area contributed by atoms with Crippen molar-refractivity contribution >= 4 is 22.6 Å². The number of hydroxylamine groups is 1. The summed E-state index contributed by atoms with van der Waals surface area (Å²) in [6.45, 7) is 0.743. The van der Waals surface area contributed by atoms with Crippen molar-refractivity contribution < 1.29 is 14.8 Å². The Morgan fingerprint density at radius 3 is 2.10 bits per heavy atom. The molecule has 21 heavy (non-hydrogen) atoms. The van der Waals surface area contributed by atoms with Crippen LogP contribution in [-0.4, -0.2) is 23.6 Å². The molecule has 1 fully saturated rings. The van der Waals surface area contributed by atoms with Crippen molar-refractivity contribution in [3.63, 3.8) is 0 Å². The van der Waals surface area contributed by atoms with Crippen LogP contribution < -0.4 is 10.8 Å². The summed E-state index contributed by atoms with van der Waals surface area (Å²) < 4.78 is 0. The maximum absolute atomic E-state index is 12.0. The second-order valence-corrected chi connectivity index (χ2v) is 5.37. The molecule has 0 spiro atoms.